The Hall–Kier alpha value is -4.46. The van der Waals surface area contributed by atoms with Crippen LogP contribution in [0.25, 0.3) is 5.82 Å². The van der Waals surface area contributed by atoms with Crippen LogP contribution in [-0.4, -0.2) is 62.1 Å². The number of piperidine rings is 1. The molecule has 196 valence electrons. The van der Waals surface area contributed by atoms with Crippen LogP contribution in [0.3, 0.4) is 0 Å². The summed E-state index contributed by atoms with van der Waals surface area (Å²) in [5.41, 5.74) is 1.19. The van der Waals surface area contributed by atoms with E-state index in [0.717, 1.165) is 5.82 Å². The van der Waals surface area contributed by atoms with Crippen LogP contribution in [0.2, 0.25) is 0 Å². The van der Waals surface area contributed by atoms with Crippen LogP contribution in [0.5, 0.6) is 0 Å². The number of aromatic nitrogens is 7. The largest absolute Gasteiger partial charge is 0.356 e. The molecule has 1 aromatic carbocycles. The first-order valence-electron chi connectivity index (χ1n) is 11.9. The van der Waals surface area contributed by atoms with Crippen molar-refractivity contribution < 1.29 is 13.2 Å². The highest BCUT2D eigenvalue weighted by molar-refractivity contribution is 7.92. The van der Waals surface area contributed by atoms with Crippen molar-refractivity contribution in [3.63, 3.8) is 0 Å². The molecule has 2 N–H and O–H groups in total. The van der Waals surface area contributed by atoms with Gasteiger partial charge in [-0.25, -0.2) is 38.0 Å². The van der Waals surface area contributed by atoms with Crippen LogP contribution < -0.4 is 14.9 Å². The predicted molar refractivity (Wildman–Crippen MR) is 139 cm³/mol. The van der Waals surface area contributed by atoms with Crippen LogP contribution >= 0.6 is 0 Å². The summed E-state index contributed by atoms with van der Waals surface area (Å²) in [5.74, 6) is 1.79. The molecule has 0 radical (unpaired) electrons. The lowest BCUT2D eigenvalue weighted by atomic mass is 9.96. The molecule has 3 aromatic heterocycles. The average Bonchev–Trinajstić information content (AvgIpc) is 3.44. The molecular weight excluding hydrogens is 508 g/mol. The molecule has 0 unspecified atom stereocenters. The van der Waals surface area contributed by atoms with Gasteiger partial charge in [0.25, 0.3) is 10.0 Å². The normalized spacial score (nSPS) is 14.3. The number of sulfonamides is 1. The van der Waals surface area contributed by atoms with E-state index in [1.807, 2.05) is 6.07 Å². The molecule has 1 aliphatic rings. The Morgan fingerprint density at radius 3 is 2.39 bits per heavy atom. The Labute approximate surface area is 219 Å². The minimum Gasteiger partial charge on any atom is -0.356 e. The number of nitrogens with zero attached hydrogens (tertiary/aromatic N) is 8. The van der Waals surface area contributed by atoms with Gasteiger partial charge in [0.15, 0.2) is 5.82 Å². The Morgan fingerprint density at radius 2 is 1.71 bits per heavy atom. The van der Waals surface area contributed by atoms with E-state index in [1.54, 1.807) is 43.1 Å². The van der Waals surface area contributed by atoms with Gasteiger partial charge in [-0.2, -0.15) is 5.10 Å². The van der Waals surface area contributed by atoms with Gasteiger partial charge in [-0.1, -0.05) is 0 Å². The number of amides is 1. The van der Waals surface area contributed by atoms with E-state index >= 15 is 0 Å². The van der Waals surface area contributed by atoms with Crippen molar-refractivity contribution in [2.24, 2.45) is 5.92 Å². The summed E-state index contributed by atoms with van der Waals surface area (Å²) >= 11 is 0. The molecular formula is C24H26N10O3S. The third kappa shape index (κ3) is 5.75. The van der Waals surface area contributed by atoms with Crippen LogP contribution in [0.1, 0.15) is 24.4 Å². The van der Waals surface area contributed by atoms with E-state index < -0.39 is 10.0 Å². The van der Waals surface area contributed by atoms with E-state index in [9.17, 15) is 13.2 Å². The molecule has 13 nitrogen and oxygen atoms in total. The first-order chi connectivity index (χ1) is 18.3. The lowest BCUT2D eigenvalue weighted by molar-refractivity contribution is -0.120. The number of hydrogen-bond acceptors (Lipinski definition) is 10. The molecule has 0 aliphatic carbocycles. The summed E-state index contributed by atoms with van der Waals surface area (Å²) in [7, 11) is -3.84. The van der Waals surface area contributed by atoms with Gasteiger partial charge in [0, 0.05) is 42.5 Å². The standard InChI is InChI=1S/C24H26N10O3S/c1-16-11-21(30-17(2)29-16)32-38(36,37)20-5-3-19(4-6-20)31-24(35)18-7-9-33(10-8-18)22-12-23(27-14-26-22)34-15-25-13-28-34/h3-6,11-15,18H,7-10H2,1-2H3,(H,31,35)(H,29,30,32). The van der Waals surface area contributed by atoms with Crippen molar-refractivity contribution in [3.8, 4) is 5.82 Å². The second kappa shape index (κ2) is 10.5. The van der Waals surface area contributed by atoms with E-state index in [2.05, 4.69) is 45.0 Å². The summed E-state index contributed by atoms with van der Waals surface area (Å²) < 4.78 is 29.6. The number of nitrogens with one attached hydrogen (secondary N) is 2. The summed E-state index contributed by atoms with van der Waals surface area (Å²) in [6, 6.07) is 9.44. The molecule has 4 aromatic rings. The lowest BCUT2D eigenvalue weighted by Crippen LogP contribution is -2.38. The molecule has 5 rings (SSSR count). The average molecular weight is 535 g/mol. The number of aryl methyl sites for hydroxylation is 2. The van der Waals surface area contributed by atoms with Crippen molar-refractivity contribution >= 4 is 33.3 Å². The summed E-state index contributed by atoms with van der Waals surface area (Å²) in [6.07, 6.45) is 5.81. The highest BCUT2D eigenvalue weighted by atomic mass is 32.2. The van der Waals surface area contributed by atoms with Gasteiger partial charge in [0.05, 0.1) is 4.90 Å². The van der Waals surface area contributed by atoms with Gasteiger partial charge in [0.1, 0.15) is 36.4 Å². The number of hydrogen-bond donors (Lipinski definition) is 2. The van der Waals surface area contributed by atoms with Crippen molar-refractivity contribution in [1.82, 2.24) is 34.7 Å². The zero-order valence-corrected chi connectivity index (χ0v) is 21.6. The number of rotatable bonds is 7. The molecule has 0 bridgehead atoms. The van der Waals surface area contributed by atoms with Crippen molar-refractivity contribution in [2.75, 3.05) is 28.0 Å². The number of anilines is 3. The molecule has 4 heterocycles. The molecule has 1 amide bonds. The number of benzene rings is 1. The quantitative estimate of drug-likeness (QED) is 0.359. The van der Waals surface area contributed by atoms with Crippen LogP contribution in [0.4, 0.5) is 17.3 Å². The van der Waals surface area contributed by atoms with Gasteiger partial charge in [-0.15, -0.1) is 0 Å². The fraction of sp³-hybridized carbons (Fsp3) is 0.292. The zero-order chi connectivity index (χ0) is 26.7. The van der Waals surface area contributed by atoms with Crippen molar-refractivity contribution in [1.29, 1.82) is 0 Å². The SMILES string of the molecule is Cc1cc(NS(=O)(=O)c2ccc(NC(=O)C3CCN(c4cc(-n5cncn5)ncn4)CC3)cc2)nc(C)n1. The molecule has 0 atom stereocenters. The van der Waals surface area contributed by atoms with Crippen LogP contribution in [0.15, 0.2) is 60.3 Å². The summed E-state index contributed by atoms with van der Waals surface area (Å²) in [4.78, 5) is 35.9. The Bertz CT molecular complexity index is 1510. The fourth-order valence-electron chi connectivity index (χ4n) is 4.26. The Kier molecular flexibility index (Phi) is 6.96. The van der Waals surface area contributed by atoms with Gasteiger partial charge >= 0.3 is 0 Å². The minimum absolute atomic E-state index is 0.0628. The molecule has 38 heavy (non-hydrogen) atoms. The van der Waals surface area contributed by atoms with Gasteiger partial charge in [-0.05, 0) is 51.0 Å². The third-order valence-electron chi connectivity index (χ3n) is 6.12. The highest BCUT2D eigenvalue weighted by Crippen LogP contribution is 2.24. The molecule has 1 saturated heterocycles. The first-order valence-corrected chi connectivity index (χ1v) is 13.4. The van der Waals surface area contributed by atoms with Crippen LogP contribution in [0, 0.1) is 19.8 Å². The molecule has 0 spiro atoms. The van der Waals surface area contributed by atoms with E-state index in [1.165, 1.54) is 24.8 Å². The third-order valence-corrected chi connectivity index (χ3v) is 7.49. The lowest BCUT2D eigenvalue weighted by Gasteiger charge is -2.32. The van der Waals surface area contributed by atoms with Crippen molar-refractivity contribution in [2.45, 2.75) is 31.6 Å². The topological polar surface area (TPSA) is 161 Å². The van der Waals surface area contributed by atoms with Crippen LogP contribution in [-0.2, 0) is 14.8 Å². The van der Waals surface area contributed by atoms with E-state index in [0.29, 0.717) is 49.0 Å². The maximum Gasteiger partial charge on any atom is 0.263 e. The second-order valence-electron chi connectivity index (χ2n) is 8.90. The maximum atomic E-state index is 12.9. The monoisotopic (exact) mass is 534 g/mol. The number of carbonyl (C=O) groups is 1. The zero-order valence-electron chi connectivity index (χ0n) is 20.8. The second-order valence-corrected chi connectivity index (χ2v) is 10.6. The Balaban J connectivity index is 1.17. The summed E-state index contributed by atoms with van der Waals surface area (Å²) in [5, 5.41) is 6.99. The predicted octanol–water partition coefficient (Wildman–Crippen LogP) is 2.12. The van der Waals surface area contributed by atoms with E-state index in [4.69, 9.17) is 0 Å². The smallest absolute Gasteiger partial charge is 0.263 e. The van der Waals surface area contributed by atoms with Gasteiger partial charge in [-0.3, -0.25) is 9.52 Å². The minimum atomic E-state index is -3.84. The summed E-state index contributed by atoms with van der Waals surface area (Å²) in [6.45, 7) is 4.78. The molecule has 14 heteroatoms. The highest BCUT2D eigenvalue weighted by Gasteiger charge is 2.26. The maximum absolute atomic E-state index is 12.9. The van der Waals surface area contributed by atoms with Crippen molar-refractivity contribution in [3.05, 3.63) is 66.9 Å². The number of carbonyl (C=O) groups excluding carboxylic acids is 1. The molecule has 1 fully saturated rings. The fourth-order valence-corrected chi connectivity index (χ4v) is 5.25. The first kappa shape index (κ1) is 25.2. The van der Waals surface area contributed by atoms with Gasteiger partial charge < -0.3 is 10.2 Å². The molecule has 1 aliphatic heterocycles. The van der Waals surface area contributed by atoms with Gasteiger partial charge in [0.2, 0.25) is 5.91 Å². The Morgan fingerprint density at radius 1 is 0.974 bits per heavy atom. The van der Waals surface area contributed by atoms with E-state index in [-0.39, 0.29) is 22.5 Å². The molecule has 0 saturated carbocycles.